The van der Waals surface area contributed by atoms with Crippen LogP contribution in [0.1, 0.15) is 19.8 Å². The molecule has 3 atom stereocenters. The molecule has 2 heterocycles. The Morgan fingerprint density at radius 1 is 1.39 bits per heavy atom. The van der Waals surface area contributed by atoms with Gasteiger partial charge in [0.2, 0.25) is 0 Å². The zero-order chi connectivity index (χ0) is 13.5. The van der Waals surface area contributed by atoms with Crippen molar-refractivity contribution in [3.8, 4) is 0 Å². The van der Waals surface area contributed by atoms with Gasteiger partial charge < -0.3 is 25.1 Å². The summed E-state index contributed by atoms with van der Waals surface area (Å²) in [5.74, 6) is -1.11. The van der Waals surface area contributed by atoms with Crippen molar-refractivity contribution in [2.45, 2.75) is 37.5 Å². The van der Waals surface area contributed by atoms with Crippen molar-refractivity contribution >= 4 is 12.0 Å². The van der Waals surface area contributed by atoms with Crippen LogP contribution in [0.5, 0.6) is 0 Å². The van der Waals surface area contributed by atoms with Crippen LogP contribution in [0.25, 0.3) is 0 Å². The number of likely N-dealkylation sites (tertiary alicyclic amines) is 2. The first-order chi connectivity index (χ1) is 8.30. The Hall–Kier alpha value is -1.34. The maximum absolute atomic E-state index is 12.2. The second kappa shape index (κ2) is 4.40. The van der Waals surface area contributed by atoms with Gasteiger partial charge in [-0.15, -0.1) is 0 Å². The topological polar surface area (TPSA) is 101 Å². The molecule has 0 spiro atoms. The lowest BCUT2D eigenvalue weighted by Crippen LogP contribution is -2.48. The van der Waals surface area contributed by atoms with E-state index >= 15 is 0 Å². The number of carbonyl (C=O) groups excluding carboxylic acids is 1. The molecule has 3 N–H and O–H groups in total. The molecule has 2 saturated heterocycles. The van der Waals surface area contributed by atoms with Crippen LogP contribution < -0.4 is 0 Å². The maximum atomic E-state index is 12.2. The Bertz CT molecular complexity index is 370. The predicted molar refractivity (Wildman–Crippen MR) is 61.0 cm³/mol. The molecular weight excluding hydrogens is 240 g/mol. The van der Waals surface area contributed by atoms with Crippen LogP contribution in [0.2, 0.25) is 0 Å². The second-order valence-electron chi connectivity index (χ2n) is 5.35. The van der Waals surface area contributed by atoms with Crippen LogP contribution in [-0.2, 0) is 4.79 Å². The molecule has 0 aromatic carbocycles. The molecule has 0 aromatic heterocycles. The first-order valence-corrected chi connectivity index (χ1v) is 5.99. The van der Waals surface area contributed by atoms with Crippen molar-refractivity contribution in [2.24, 2.45) is 0 Å². The number of aliphatic hydroxyl groups is 2. The third-order valence-electron chi connectivity index (χ3n) is 3.53. The molecule has 1 unspecified atom stereocenters. The maximum Gasteiger partial charge on any atom is 0.326 e. The minimum absolute atomic E-state index is 0.0362. The van der Waals surface area contributed by atoms with E-state index in [0.717, 1.165) is 0 Å². The van der Waals surface area contributed by atoms with Crippen molar-refractivity contribution < 1.29 is 24.9 Å². The highest BCUT2D eigenvalue weighted by Crippen LogP contribution is 2.25. The van der Waals surface area contributed by atoms with E-state index < -0.39 is 29.7 Å². The van der Waals surface area contributed by atoms with Crippen molar-refractivity contribution in [1.82, 2.24) is 9.80 Å². The van der Waals surface area contributed by atoms with Crippen LogP contribution in [-0.4, -0.2) is 74.5 Å². The standard InChI is InChI=1S/C11H18N2O5/c1-11(18)2-3-12(6-11)10(17)13-5-7(14)4-8(13)9(15)16/h7-8,14,18H,2-6H2,1H3,(H,15,16)/t7-,8-,11?/m0/s1. The number of rotatable bonds is 1. The number of hydrogen-bond acceptors (Lipinski definition) is 4. The fourth-order valence-electron chi connectivity index (χ4n) is 2.55. The Morgan fingerprint density at radius 3 is 2.56 bits per heavy atom. The fraction of sp³-hybridized carbons (Fsp3) is 0.818. The third kappa shape index (κ3) is 2.41. The number of aliphatic carboxylic acids is 1. The highest BCUT2D eigenvalue weighted by molar-refractivity contribution is 5.83. The molecule has 0 saturated carbocycles. The van der Waals surface area contributed by atoms with Crippen LogP contribution >= 0.6 is 0 Å². The van der Waals surface area contributed by atoms with Crippen LogP contribution in [0.4, 0.5) is 4.79 Å². The number of β-amino-alcohol motifs (C(OH)–C–C–N with tert-alkyl or cyclic N) is 2. The van der Waals surface area contributed by atoms with Gasteiger partial charge in [0.05, 0.1) is 18.2 Å². The Balaban J connectivity index is 2.07. The molecule has 0 bridgehead atoms. The summed E-state index contributed by atoms with van der Waals surface area (Å²) in [6.45, 7) is 2.29. The van der Waals surface area contributed by atoms with E-state index in [-0.39, 0.29) is 19.5 Å². The Kier molecular flexibility index (Phi) is 3.20. The molecule has 2 aliphatic rings. The molecule has 0 aliphatic carbocycles. The van der Waals surface area contributed by atoms with Gasteiger partial charge in [0.25, 0.3) is 0 Å². The molecule has 18 heavy (non-hydrogen) atoms. The van der Waals surface area contributed by atoms with Crippen molar-refractivity contribution in [3.63, 3.8) is 0 Å². The number of urea groups is 1. The monoisotopic (exact) mass is 258 g/mol. The van der Waals surface area contributed by atoms with E-state index in [9.17, 15) is 19.8 Å². The lowest BCUT2D eigenvalue weighted by Gasteiger charge is -2.27. The molecule has 2 fully saturated rings. The zero-order valence-electron chi connectivity index (χ0n) is 10.2. The first kappa shape index (κ1) is 13.1. The summed E-state index contributed by atoms with van der Waals surface area (Å²) in [5.41, 5.74) is -0.910. The SMILES string of the molecule is CC1(O)CCN(C(=O)N2C[C@@H](O)C[C@H]2C(=O)O)C1. The largest absolute Gasteiger partial charge is 0.480 e. The summed E-state index contributed by atoms with van der Waals surface area (Å²) in [5, 5.41) is 28.3. The van der Waals surface area contributed by atoms with Gasteiger partial charge in [-0.3, -0.25) is 0 Å². The minimum atomic E-state index is -1.11. The normalized spacial score (nSPS) is 36.2. The van der Waals surface area contributed by atoms with Crippen molar-refractivity contribution in [3.05, 3.63) is 0 Å². The zero-order valence-corrected chi connectivity index (χ0v) is 10.2. The Morgan fingerprint density at radius 2 is 2.06 bits per heavy atom. The molecule has 0 radical (unpaired) electrons. The second-order valence-corrected chi connectivity index (χ2v) is 5.35. The van der Waals surface area contributed by atoms with Gasteiger partial charge in [-0.25, -0.2) is 9.59 Å². The van der Waals surface area contributed by atoms with Crippen LogP contribution in [0, 0.1) is 0 Å². The Labute approximate surface area is 105 Å². The number of amides is 2. The molecule has 2 rings (SSSR count). The summed E-state index contributed by atoms with van der Waals surface area (Å²) in [4.78, 5) is 25.8. The molecule has 2 aliphatic heterocycles. The van der Waals surface area contributed by atoms with E-state index in [1.54, 1.807) is 6.92 Å². The summed E-state index contributed by atoms with van der Waals surface area (Å²) in [7, 11) is 0. The fourth-order valence-corrected chi connectivity index (χ4v) is 2.55. The van der Waals surface area contributed by atoms with Crippen LogP contribution in [0.3, 0.4) is 0 Å². The predicted octanol–water partition coefficient (Wildman–Crippen LogP) is -0.917. The summed E-state index contributed by atoms with van der Waals surface area (Å²) in [6, 6.07) is -1.39. The number of aliphatic hydroxyl groups excluding tert-OH is 1. The van der Waals surface area contributed by atoms with Crippen molar-refractivity contribution in [2.75, 3.05) is 19.6 Å². The summed E-state index contributed by atoms with van der Waals surface area (Å²) < 4.78 is 0. The number of hydrogen-bond donors (Lipinski definition) is 3. The van der Waals surface area contributed by atoms with E-state index in [0.29, 0.717) is 13.0 Å². The molecule has 102 valence electrons. The number of nitrogens with zero attached hydrogens (tertiary/aromatic N) is 2. The van der Waals surface area contributed by atoms with E-state index in [2.05, 4.69) is 0 Å². The minimum Gasteiger partial charge on any atom is -0.480 e. The van der Waals surface area contributed by atoms with E-state index in [1.807, 2.05) is 0 Å². The molecule has 7 heteroatoms. The number of carboxylic acids is 1. The van der Waals surface area contributed by atoms with Crippen LogP contribution in [0.15, 0.2) is 0 Å². The van der Waals surface area contributed by atoms with Crippen molar-refractivity contribution in [1.29, 1.82) is 0 Å². The average molecular weight is 258 g/mol. The van der Waals surface area contributed by atoms with Gasteiger partial charge in [-0.2, -0.15) is 0 Å². The number of carbonyl (C=O) groups is 2. The molecule has 7 nitrogen and oxygen atoms in total. The van der Waals surface area contributed by atoms with Gasteiger partial charge in [0.15, 0.2) is 0 Å². The quantitative estimate of drug-likeness (QED) is 0.565. The van der Waals surface area contributed by atoms with E-state index in [1.165, 1.54) is 9.80 Å². The van der Waals surface area contributed by atoms with Gasteiger partial charge in [0, 0.05) is 19.5 Å². The highest BCUT2D eigenvalue weighted by atomic mass is 16.4. The first-order valence-electron chi connectivity index (χ1n) is 5.99. The molecular formula is C11H18N2O5. The van der Waals surface area contributed by atoms with Gasteiger partial charge in [0.1, 0.15) is 6.04 Å². The lowest BCUT2D eigenvalue weighted by atomic mass is 10.1. The highest BCUT2D eigenvalue weighted by Gasteiger charge is 2.43. The third-order valence-corrected chi connectivity index (χ3v) is 3.53. The summed E-state index contributed by atoms with van der Waals surface area (Å²) in [6.07, 6.45) is -0.254. The van der Waals surface area contributed by atoms with Gasteiger partial charge >= 0.3 is 12.0 Å². The molecule has 2 amide bonds. The van der Waals surface area contributed by atoms with E-state index in [4.69, 9.17) is 5.11 Å². The molecule has 0 aromatic rings. The van der Waals surface area contributed by atoms with Gasteiger partial charge in [-0.1, -0.05) is 0 Å². The average Bonchev–Trinajstić information content (AvgIpc) is 2.80. The smallest absolute Gasteiger partial charge is 0.326 e. The number of carboxylic acid groups (broad SMARTS) is 1. The van der Waals surface area contributed by atoms with Gasteiger partial charge in [-0.05, 0) is 13.3 Å². The lowest BCUT2D eigenvalue weighted by molar-refractivity contribution is -0.141. The summed E-state index contributed by atoms with van der Waals surface area (Å²) >= 11 is 0.